The molecule has 0 aliphatic rings. The molecule has 0 spiro atoms. The summed E-state index contributed by atoms with van der Waals surface area (Å²) in [5.74, 6) is 1.39. The van der Waals surface area contributed by atoms with Gasteiger partial charge in [0.2, 0.25) is 0 Å². The van der Waals surface area contributed by atoms with Gasteiger partial charge in [0.25, 0.3) is 5.91 Å². The van der Waals surface area contributed by atoms with Gasteiger partial charge in [0.15, 0.2) is 0 Å². The number of amides is 1. The molecule has 0 saturated carbocycles. The van der Waals surface area contributed by atoms with E-state index in [2.05, 4.69) is 5.32 Å². The number of nitrogens with two attached hydrogens (primary N) is 1. The summed E-state index contributed by atoms with van der Waals surface area (Å²) in [4.78, 5) is 12.7. The molecule has 0 saturated heterocycles. The molecule has 0 radical (unpaired) electrons. The van der Waals surface area contributed by atoms with Gasteiger partial charge in [0, 0.05) is 10.1 Å². The van der Waals surface area contributed by atoms with Crippen LogP contribution in [-0.4, -0.2) is 5.91 Å². The molecule has 3 aromatic rings. The number of carbonyl (C=O) groups is 1. The summed E-state index contributed by atoms with van der Waals surface area (Å²) in [6.45, 7) is 2.23. The molecular weight excluding hydrogens is 272 g/mol. The molecule has 2 aromatic heterocycles. The van der Waals surface area contributed by atoms with E-state index < -0.39 is 0 Å². The molecule has 5 heteroatoms. The van der Waals surface area contributed by atoms with Gasteiger partial charge in [-0.15, -0.1) is 11.3 Å². The van der Waals surface area contributed by atoms with Crippen molar-refractivity contribution in [2.75, 3.05) is 5.73 Å². The van der Waals surface area contributed by atoms with Crippen LogP contribution < -0.4 is 11.1 Å². The molecule has 1 aromatic carbocycles. The van der Waals surface area contributed by atoms with Crippen LogP contribution in [0.5, 0.6) is 0 Å². The summed E-state index contributed by atoms with van der Waals surface area (Å²) in [6, 6.07) is 11.5. The predicted molar refractivity (Wildman–Crippen MR) is 80.9 cm³/mol. The zero-order valence-corrected chi connectivity index (χ0v) is 11.8. The Labute approximate surface area is 120 Å². The summed E-state index contributed by atoms with van der Waals surface area (Å²) in [6.07, 6.45) is 0. The molecule has 0 aliphatic carbocycles. The minimum atomic E-state index is -0.169. The number of fused-ring (bicyclic) bond motifs is 1. The van der Waals surface area contributed by atoms with Gasteiger partial charge in [-0.05, 0) is 25.1 Å². The number of hydrogen-bond acceptors (Lipinski definition) is 4. The van der Waals surface area contributed by atoms with Crippen molar-refractivity contribution in [3.8, 4) is 0 Å². The molecule has 0 atom stereocenters. The molecule has 1 amide bonds. The lowest BCUT2D eigenvalue weighted by Crippen LogP contribution is -2.22. The smallest absolute Gasteiger partial charge is 0.263 e. The van der Waals surface area contributed by atoms with Crippen LogP contribution in [0.2, 0.25) is 0 Å². The van der Waals surface area contributed by atoms with E-state index >= 15 is 0 Å². The minimum Gasteiger partial charge on any atom is -0.465 e. The number of thiophene rings is 1. The van der Waals surface area contributed by atoms with Crippen LogP contribution >= 0.6 is 11.3 Å². The summed E-state index contributed by atoms with van der Waals surface area (Å²) in [5.41, 5.74) is 6.58. The number of carbonyl (C=O) groups excluding carboxylic acids is 1. The molecule has 0 aliphatic heterocycles. The zero-order chi connectivity index (χ0) is 14.1. The third-order valence-corrected chi connectivity index (χ3v) is 4.24. The first-order valence-electron chi connectivity index (χ1n) is 6.25. The third-order valence-electron chi connectivity index (χ3n) is 3.06. The highest BCUT2D eigenvalue weighted by Crippen LogP contribution is 2.33. The standard InChI is InChI=1S/C15H14N2O2S/c1-9-6-7-10(19-9)8-17-15(18)14-13(16)11-4-2-3-5-12(11)20-14/h2-7H,8,16H2,1H3,(H,17,18). The van der Waals surface area contributed by atoms with E-state index in [-0.39, 0.29) is 5.91 Å². The molecule has 4 nitrogen and oxygen atoms in total. The van der Waals surface area contributed by atoms with Crippen molar-refractivity contribution in [2.24, 2.45) is 0 Å². The van der Waals surface area contributed by atoms with E-state index in [4.69, 9.17) is 10.2 Å². The molecule has 0 bridgehead atoms. The first-order valence-corrected chi connectivity index (χ1v) is 7.07. The van der Waals surface area contributed by atoms with Crippen LogP contribution in [0.1, 0.15) is 21.2 Å². The van der Waals surface area contributed by atoms with Crippen molar-refractivity contribution in [1.82, 2.24) is 5.32 Å². The number of rotatable bonds is 3. The minimum absolute atomic E-state index is 0.169. The SMILES string of the molecule is Cc1ccc(CNC(=O)c2sc3ccccc3c2N)o1. The van der Waals surface area contributed by atoms with Gasteiger partial charge < -0.3 is 15.5 Å². The second kappa shape index (κ2) is 5.02. The number of anilines is 1. The second-order valence-electron chi connectivity index (χ2n) is 4.54. The van der Waals surface area contributed by atoms with E-state index in [9.17, 15) is 4.79 Å². The highest BCUT2D eigenvalue weighted by Gasteiger charge is 2.16. The van der Waals surface area contributed by atoms with Crippen LogP contribution in [0.4, 0.5) is 5.69 Å². The van der Waals surface area contributed by atoms with E-state index in [1.165, 1.54) is 11.3 Å². The number of benzene rings is 1. The summed E-state index contributed by atoms with van der Waals surface area (Å²) in [7, 11) is 0. The van der Waals surface area contributed by atoms with Gasteiger partial charge in [0.1, 0.15) is 16.4 Å². The third kappa shape index (κ3) is 2.28. The highest BCUT2D eigenvalue weighted by atomic mass is 32.1. The molecule has 20 heavy (non-hydrogen) atoms. The van der Waals surface area contributed by atoms with E-state index in [1.54, 1.807) is 0 Å². The summed E-state index contributed by atoms with van der Waals surface area (Å²) >= 11 is 1.40. The van der Waals surface area contributed by atoms with E-state index in [0.29, 0.717) is 17.1 Å². The Bertz CT molecular complexity index is 773. The van der Waals surface area contributed by atoms with Crippen LogP contribution in [0.15, 0.2) is 40.8 Å². The largest absolute Gasteiger partial charge is 0.465 e. The fourth-order valence-corrected chi connectivity index (χ4v) is 3.10. The van der Waals surface area contributed by atoms with E-state index in [0.717, 1.165) is 21.6 Å². The fourth-order valence-electron chi connectivity index (χ4n) is 2.06. The maximum atomic E-state index is 12.2. The molecule has 0 fully saturated rings. The zero-order valence-electron chi connectivity index (χ0n) is 11.0. The first-order chi connectivity index (χ1) is 9.65. The topological polar surface area (TPSA) is 68.3 Å². The number of nitrogen functional groups attached to an aromatic ring is 1. The fraction of sp³-hybridized carbons (Fsp3) is 0.133. The number of hydrogen-bond donors (Lipinski definition) is 2. The quantitative estimate of drug-likeness (QED) is 0.776. The predicted octanol–water partition coefficient (Wildman–Crippen LogP) is 3.31. The van der Waals surface area contributed by atoms with Crippen LogP contribution in [0.3, 0.4) is 0 Å². The summed E-state index contributed by atoms with van der Waals surface area (Å²) in [5, 5.41) is 3.76. The lowest BCUT2D eigenvalue weighted by molar-refractivity contribution is 0.0953. The van der Waals surface area contributed by atoms with Crippen molar-refractivity contribution < 1.29 is 9.21 Å². The monoisotopic (exact) mass is 286 g/mol. The van der Waals surface area contributed by atoms with Crippen molar-refractivity contribution in [2.45, 2.75) is 13.5 Å². The Morgan fingerprint density at radius 3 is 2.80 bits per heavy atom. The van der Waals surface area contributed by atoms with Crippen molar-refractivity contribution >= 4 is 33.0 Å². The lowest BCUT2D eigenvalue weighted by Gasteiger charge is -2.02. The van der Waals surface area contributed by atoms with E-state index in [1.807, 2.05) is 43.3 Å². The van der Waals surface area contributed by atoms with Gasteiger partial charge in [-0.1, -0.05) is 18.2 Å². The van der Waals surface area contributed by atoms with Gasteiger partial charge in [-0.2, -0.15) is 0 Å². The highest BCUT2D eigenvalue weighted by molar-refractivity contribution is 7.21. The Kier molecular flexibility index (Phi) is 3.20. The number of nitrogens with one attached hydrogen (secondary N) is 1. The lowest BCUT2D eigenvalue weighted by atomic mass is 10.2. The molecule has 3 rings (SSSR count). The Hall–Kier alpha value is -2.27. The molecule has 3 N–H and O–H groups in total. The number of aryl methyl sites for hydroxylation is 1. The van der Waals surface area contributed by atoms with Crippen molar-refractivity contribution in [3.63, 3.8) is 0 Å². The Morgan fingerprint density at radius 1 is 1.30 bits per heavy atom. The molecule has 2 heterocycles. The molecule has 102 valence electrons. The van der Waals surface area contributed by atoms with Gasteiger partial charge in [-0.25, -0.2) is 0 Å². The Balaban J connectivity index is 1.80. The van der Waals surface area contributed by atoms with Crippen LogP contribution in [0, 0.1) is 6.92 Å². The Morgan fingerprint density at radius 2 is 2.10 bits per heavy atom. The maximum absolute atomic E-state index is 12.2. The van der Waals surface area contributed by atoms with Gasteiger partial charge in [0.05, 0.1) is 12.2 Å². The van der Waals surface area contributed by atoms with Gasteiger partial charge >= 0.3 is 0 Å². The van der Waals surface area contributed by atoms with Crippen LogP contribution in [-0.2, 0) is 6.54 Å². The van der Waals surface area contributed by atoms with Crippen LogP contribution in [0.25, 0.3) is 10.1 Å². The molecular formula is C15H14N2O2S. The van der Waals surface area contributed by atoms with Crippen molar-refractivity contribution in [3.05, 3.63) is 52.8 Å². The normalized spacial score (nSPS) is 10.8. The first kappa shape index (κ1) is 12.7. The van der Waals surface area contributed by atoms with Crippen molar-refractivity contribution in [1.29, 1.82) is 0 Å². The average Bonchev–Trinajstić information content (AvgIpc) is 3.01. The maximum Gasteiger partial charge on any atom is 0.263 e. The molecule has 0 unspecified atom stereocenters. The summed E-state index contributed by atoms with van der Waals surface area (Å²) < 4.78 is 6.43. The van der Waals surface area contributed by atoms with Gasteiger partial charge in [-0.3, -0.25) is 4.79 Å². The average molecular weight is 286 g/mol. The second-order valence-corrected chi connectivity index (χ2v) is 5.59. The number of furan rings is 1.